The number of nitrogens with zero attached hydrogens (tertiary/aromatic N) is 1. The van der Waals surface area contributed by atoms with Crippen LogP contribution in [0.2, 0.25) is 0 Å². The van der Waals surface area contributed by atoms with Crippen LogP contribution >= 0.6 is 0 Å². The molecule has 1 aliphatic heterocycles. The first-order valence-corrected chi connectivity index (χ1v) is 7.69. The molecule has 1 aromatic carbocycles. The van der Waals surface area contributed by atoms with Gasteiger partial charge in [0.2, 0.25) is 0 Å². The van der Waals surface area contributed by atoms with E-state index in [1.54, 1.807) is 7.11 Å². The van der Waals surface area contributed by atoms with Crippen molar-refractivity contribution in [1.82, 2.24) is 4.90 Å². The fraction of sp³-hybridized carbons (Fsp3) is 0.647. The average Bonchev–Trinajstić information content (AvgIpc) is 2.42. The summed E-state index contributed by atoms with van der Waals surface area (Å²) in [5, 5.41) is 10.2. The molecule has 0 amide bonds. The molecule has 118 valence electrons. The van der Waals surface area contributed by atoms with E-state index in [1.807, 2.05) is 26.0 Å². The molecule has 2 rings (SSSR count). The maximum Gasteiger partial charge on any atom is 0.161 e. The fourth-order valence-electron chi connectivity index (χ4n) is 2.90. The highest BCUT2D eigenvalue weighted by Crippen LogP contribution is 2.31. The van der Waals surface area contributed by atoms with Gasteiger partial charge in [0.1, 0.15) is 0 Å². The van der Waals surface area contributed by atoms with E-state index in [0.717, 1.165) is 37.4 Å². The zero-order valence-corrected chi connectivity index (χ0v) is 13.5. The summed E-state index contributed by atoms with van der Waals surface area (Å²) in [6, 6.07) is 6.06. The van der Waals surface area contributed by atoms with E-state index < -0.39 is 0 Å². The maximum absolute atomic E-state index is 10.2. The Morgan fingerprint density at radius 1 is 1.33 bits per heavy atom. The fourth-order valence-corrected chi connectivity index (χ4v) is 2.90. The first-order valence-electron chi connectivity index (χ1n) is 7.69. The lowest BCUT2D eigenvalue weighted by molar-refractivity contribution is 0.0366. The Bertz CT molecular complexity index is 461. The topological polar surface area (TPSA) is 41.9 Å². The molecule has 1 N–H and O–H groups in total. The van der Waals surface area contributed by atoms with Crippen LogP contribution in [0, 0.1) is 5.92 Å². The quantitative estimate of drug-likeness (QED) is 0.905. The van der Waals surface area contributed by atoms with Gasteiger partial charge >= 0.3 is 0 Å². The van der Waals surface area contributed by atoms with Crippen molar-refractivity contribution in [1.29, 1.82) is 0 Å². The molecule has 0 aromatic heterocycles. The van der Waals surface area contributed by atoms with E-state index in [2.05, 4.69) is 18.0 Å². The standard InChI is InChI=1S/C17H27NO3/c1-12(2)21-17-10-13(5-6-16(17)20-4)9-14-11-18(3)8-7-15(14)19/h5-6,10,12,14-15,19H,7-9,11H2,1-4H3. The van der Waals surface area contributed by atoms with Gasteiger partial charge in [-0.1, -0.05) is 6.07 Å². The molecule has 21 heavy (non-hydrogen) atoms. The summed E-state index contributed by atoms with van der Waals surface area (Å²) in [6.07, 6.45) is 1.62. The second kappa shape index (κ2) is 7.14. The zero-order chi connectivity index (χ0) is 15.4. The second-order valence-electron chi connectivity index (χ2n) is 6.23. The van der Waals surface area contributed by atoms with Crippen LogP contribution in [0.5, 0.6) is 11.5 Å². The van der Waals surface area contributed by atoms with Crippen molar-refractivity contribution < 1.29 is 14.6 Å². The first-order chi connectivity index (χ1) is 9.99. The largest absolute Gasteiger partial charge is 0.493 e. The zero-order valence-electron chi connectivity index (χ0n) is 13.5. The first kappa shape index (κ1) is 16.1. The molecule has 2 atom stereocenters. The molecule has 0 aliphatic carbocycles. The highest BCUT2D eigenvalue weighted by molar-refractivity contribution is 5.43. The van der Waals surface area contributed by atoms with E-state index in [9.17, 15) is 5.11 Å². The molecule has 1 saturated heterocycles. The van der Waals surface area contributed by atoms with Gasteiger partial charge in [-0.15, -0.1) is 0 Å². The lowest BCUT2D eigenvalue weighted by atomic mass is 9.89. The number of ether oxygens (including phenoxy) is 2. The highest BCUT2D eigenvalue weighted by Gasteiger charge is 2.26. The normalized spacial score (nSPS) is 23.3. The third kappa shape index (κ3) is 4.35. The van der Waals surface area contributed by atoms with Gasteiger partial charge in [0.25, 0.3) is 0 Å². The van der Waals surface area contributed by atoms with E-state index in [-0.39, 0.29) is 18.1 Å². The van der Waals surface area contributed by atoms with E-state index in [4.69, 9.17) is 9.47 Å². The van der Waals surface area contributed by atoms with Gasteiger partial charge in [-0.05, 0) is 51.4 Å². The number of likely N-dealkylation sites (tertiary alicyclic amines) is 1. The summed E-state index contributed by atoms with van der Waals surface area (Å²) in [5.74, 6) is 1.82. The Kier molecular flexibility index (Phi) is 5.48. The lowest BCUT2D eigenvalue weighted by Gasteiger charge is -2.34. The van der Waals surface area contributed by atoms with Gasteiger partial charge in [-0.2, -0.15) is 0 Å². The number of hydrogen-bond donors (Lipinski definition) is 1. The van der Waals surface area contributed by atoms with Gasteiger partial charge in [-0.25, -0.2) is 0 Å². The minimum Gasteiger partial charge on any atom is -0.493 e. The van der Waals surface area contributed by atoms with Crippen LogP contribution in [0.4, 0.5) is 0 Å². The number of rotatable bonds is 5. The molecular weight excluding hydrogens is 266 g/mol. The maximum atomic E-state index is 10.2. The number of methoxy groups -OCH3 is 1. The van der Waals surface area contributed by atoms with Gasteiger partial charge in [-0.3, -0.25) is 0 Å². The molecule has 1 aliphatic rings. The summed E-state index contributed by atoms with van der Waals surface area (Å²) in [6.45, 7) is 5.92. The Morgan fingerprint density at radius 3 is 2.76 bits per heavy atom. The second-order valence-corrected chi connectivity index (χ2v) is 6.23. The smallest absolute Gasteiger partial charge is 0.161 e. The summed E-state index contributed by atoms with van der Waals surface area (Å²) >= 11 is 0. The SMILES string of the molecule is COc1ccc(CC2CN(C)CCC2O)cc1OC(C)C. The van der Waals surface area contributed by atoms with E-state index in [1.165, 1.54) is 5.56 Å². The number of benzene rings is 1. The molecular formula is C17H27NO3. The predicted octanol–water partition coefficient (Wildman–Crippen LogP) is 2.34. The van der Waals surface area contributed by atoms with Crippen LogP contribution in [0.25, 0.3) is 0 Å². The Balaban J connectivity index is 2.12. The van der Waals surface area contributed by atoms with Crippen LogP contribution in [0.15, 0.2) is 18.2 Å². The Labute approximate surface area is 127 Å². The number of hydrogen-bond acceptors (Lipinski definition) is 4. The van der Waals surface area contributed by atoms with Crippen LogP contribution < -0.4 is 9.47 Å². The third-order valence-corrected chi connectivity index (χ3v) is 3.99. The monoisotopic (exact) mass is 293 g/mol. The highest BCUT2D eigenvalue weighted by atomic mass is 16.5. The Hall–Kier alpha value is -1.26. The summed E-state index contributed by atoms with van der Waals surface area (Å²) < 4.78 is 11.2. The van der Waals surface area contributed by atoms with E-state index in [0.29, 0.717) is 0 Å². The van der Waals surface area contributed by atoms with Crippen LogP contribution in [0.1, 0.15) is 25.8 Å². The Morgan fingerprint density at radius 2 is 2.10 bits per heavy atom. The molecule has 2 unspecified atom stereocenters. The molecule has 1 aromatic rings. The van der Waals surface area contributed by atoms with Crippen molar-refractivity contribution in [2.45, 2.75) is 38.9 Å². The average molecular weight is 293 g/mol. The number of aliphatic hydroxyl groups is 1. The lowest BCUT2D eigenvalue weighted by Crippen LogP contribution is -2.41. The van der Waals surface area contributed by atoms with Crippen LogP contribution in [-0.2, 0) is 6.42 Å². The molecule has 0 saturated carbocycles. The summed E-state index contributed by atoms with van der Waals surface area (Å²) in [4.78, 5) is 2.28. The number of aliphatic hydroxyl groups excluding tert-OH is 1. The van der Waals surface area contributed by atoms with E-state index >= 15 is 0 Å². The van der Waals surface area contributed by atoms with Crippen molar-refractivity contribution >= 4 is 0 Å². The predicted molar refractivity (Wildman–Crippen MR) is 84.1 cm³/mol. The van der Waals surface area contributed by atoms with Gasteiger partial charge in [0, 0.05) is 19.0 Å². The van der Waals surface area contributed by atoms with Gasteiger partial charge in [0.15, 0.2) is 11.5 Å². The summed E-state index contributed by atoms with van der Waals surface area (Å²) in [7, 11) is 3.77. The molecule has 0 radical (unpaired) electrons. The molecule has 0 spiro atoms. The molecule has 1 fully saturated rings. The van der Waals surface area contributed by atoms with Crippen molar-refractivity contribution in [3.8, 4) is 11.5 Å². The summed E-state index contributed by atoms with van der Waals surface area (Å²) in [5.41, 5.74) is 1.19. The molecule has 0 bridgehead atoms. The molecule has 4 heteroatoms. The third-order valence-electron chi connectivity index (χ3n) is 3.99. The minimum absolute atomic E-state index is 0.112. The van der Waals surface area contributed by atoms with Gasteiger partial charge < -0.3 is 19.5 Å². The minimum atomic E-state index is -0.210. The van der Waals surface area contributed by atoms with Crippen LogP contribution in [-0.4, -0.2) is 49.5 Å². The molecule has 1 heterocycles. The molecule has 4 nitrogen and oxygen atoms in total. The van der Waals surface area contributed by atoms with Crippen molar-refractivity contribution in [2.75, 3.05) is 27.2 Å². The van der Waals surface area contributed by atoms with Crippen LogP contribution in [0.3, 0.4) is 0 Å². The van der Waals surface area contributed by atoms with Crippen molar-refractivity contribution in [3.63, 3.8) is 0 Å². The van der Waals surface area contributed by atoms with Gasteiger partial charge in [0.05, 0.1) is 19.3 Å². The number of piperidine rings is 1. The van der Waals surface area contributed by atoms with Crippen molar-refractivity contribution in [2.24, 2.45) is 5.92 Å². The van der Waals surface area contributed by atoms with Crippen molar-refractivity contribution in [3.05, 3.63) is 23.8 Å².